The van der Waals surface area contributed by atoms with Gasteiger partial charge in [-0.3, -0.25) is 9.48 Å². The third-order valence-corrected chi connectivity index (χ3v) is 8.85. The number of carbonyl (C=O) groups is 2. The third kappa shape index (κ3) is 7.25. The molecule has 1 aromatic carbocycles. The van der Waals surface area contributed by atoms with Crippen LogP contribution in [0.3, 0.4) is 0 Å². The molecule has 5 aromatic rings. The Balaban J connectivity index is 1.38. The zero-order valence-corrected chi connectivity index (χ0v) is 28.2. The van der Waals surface area contributed by atoms with Crippen LogP contribution >= 0.6 is 11.3 Å². The number of pyridine rings is 1. The van der Waals surface area contributed by atoms with Gasteiger partial charge < -0.3 is 19.4 Å². The molecule has 0 bridgehead atoms. The molecule has 6 rings (SSSR count). The van der Waals surface area contributed by atoms with Crippen LogP contribution in [0.2, 0.25) is 0 Å². The van der Waals surface area contributed by atoms with Crippen molar-refractivity contribution in [2.24, 2.45) is 7.05 Å². The Morgan fingerprint density at radius 2 is 1.85 bits per heavy atom. The van der Waals surface area contributed by atoms with Gasteiger partial charge in [0.05, 0.1) is 17.9 Å². The number of nitrogens with one attached hydrogen (secondary N) is 1. The van der Waals surface area contributed by atoms with Crippen molar-refractivity contribution in [3.05, 3.63) is 88.0 Å². The Hall–Kier alpha value is -4.91. The molecular formula is C34H38N8O4S. The van der Waals surface area contributed by atoms with Crippen LogP contribution in [0, 0.1) is 6.92 Å². The SMILES string of the molecule is Cc1csc([C@H]2CCCN2C(=O)c2cc(-c3cnn(C)c3)nc(-c3nnc([C@@](C)(Cc4ccccc4)OC(=O)NC(C)(C)C)o3)c2)n1. The summed E-state index contributed by atoms with van der Waals surface area (Å²) in [4.78, 5) is 38.5. The largest absolute Gasteiger partial charge is 0.433 e. The first-order chi connectivity index (χ1) is 22.4. The molecule has 0 unspecified atom stereocenters. The van der Waals surface area contributed by atoms with Crippen LogP contribution in [0.5, 0.6) is 0 Å². The lowest BCUT2D eigenvalue weighted by Gasteiger charge is -2.29. The van der Waals surface area contributed by atoms with Gasteiger partial charge in [-0.05, 0) is 65.2 Å². The zero-order valence-electron chi connectivity index (χ0n) is 27.4. The summed E-state index contributed by atoms with van der Waals surface area (Å²) in [5, 5.41) is 18.8. The van der Waals surface area contributed by atoms with Gasteiger partial charge in [0.2, 0.25) is 0 Å². The minimum Gasteiger partial charge on any atom is -0.433 e. The van der Waals surface area contributed by atoms with Crippen molar-refractivity contribution in [3.63, 3.8) is 0 Å². The minimum absolute atomic E-state index is 0.0902. The number of amides is 2. The predicted molar refractivity (Wildman–Crippen MR) is 176 cm³/mol. The first-order valence-electron chi connectivity index (χ1n) is 15.5. The number of benzene rings is 1. The molecule has 12 nitrogen and oxygen atoms in total. The molecule has 2 atom stereocenters. The number of carbonyl (C=O) groups excluding carboxylic acids is 2. The fourth-order valence-electron chi connectivity index (χ4n) is 5.64. The van der Waals surface area contributed by atoms with Crippen molar-refractivity contribution in [2.75, 3.05) is 6.54 Å². The Labute approximate surface area is 277 Å². The molecule has 1 saturated heterocycles. The number of hydrogen-bond acceptors (Lipinski definition) is 10. The number of aromatic nitrogens is 6. The van der Waals surface area contributed by atoms with Crippen LogP contribution in [-0.4, -0.2) is 58.9 Å². The van der Waals surface area contributed by atoms with Crippen LogP contribution in [0.15, 0.2) is 64.7 Å². The molecule has 5 heterocycles. The fourth-order valence-corrected chi connectivity index (χ4v) is 6.58. The van der Waals surface area contributed by atoms with Crippen LogP contribution < -0.4 is 5.32 Å². The average molecular weight is 655 g/mol. The number of rotatable bonds is 8. The molecule has 1 fully saturated rings. The van der Waals surface area contributed by atoms with E-state index in [-0.39, 0.29) is 30.2 Å². The molecular weight excluding hydrogens is 616 g/mol. The van der Waals surface area contributed by atoms with Gasteiger partial charge in [-0.2, -0.15) is 5.10 Å². The summed E-state index contributed by atoms with van der Waals surface area (Å²) in [5.41, 5.74) is 2.05. The van der Waals surface area contributed by atoms with Gasteiger partial charge in [-0.25, -0.2) is 14.8 Å². The molecule has 1 aliphatic heterocycles. The molecule has 1 aliphatic rings. The summed E-state index contributed by atoms with van der Waals surface area (Å²) < 4.78 is 13.9. The number of hydrogen-bond donors (Lipinski definition) is 1. The van der Waals surface area contributed by atoms with E-state index in [1.54, 1.807) is 41.3 Å². The topological polar surface area (TPSA) is 141 Å². The maximum atomic E-state index is 14.1. The number of thiazole rings is 1. The van der Waals surface area contributed by atoms with Gasteiger partial charge in [0.25, 0.3) is 17.7 Å². The summed E-state index contributed by atoms with van der Waals surface area (Å²) in [6.45, 7) is 9.93. The maximum absolute atomic E-state index is 14.1. The van der Waals surface area contributed by atoms with Gasteiger partial charge in [-0.15, -0.1) is 21.5 Å². The van der Waals surface area contributed by atoms with Crippen molar-refractivity contribution in [1.29, 1.82) is 0 Å². The van der Waals surface area contributed by atoms with E-state index in [0.29, 0.717) is 23.5 Å². The van der Waals surface area contributed by atoms with E-state index in [1.807, 2.05) is 81.6 Å². The molecule has 0 spiro atoms. The minimum atomic E-state index is -1.31. The first-order valence-corrected chi connectivity index (χ1v) is 16.4. The lowest BCUT2D eigenvalue weighted by Crippen LogP contribution is -2.45. The Morgan fingerprint density at radius 3 is 2.53 bits per heavy atom. The molecule has 4 aromatic heterocycles. The van der Waals surface area contributed by atoms with Gasteiger partial charge in [0.1, 0.15) is 10.7 Å². The second-order valence-corrected chi connectivity index (χ2v) is 14.0. The molecule has 0 radical (unpaired) electrons. The molecule has 13 heteroatoms. The van der Waals surface area contributed by atoms with E-state index in [1.165, 1.54) is 0 Å². The van der Waals surface area contributed by atoms with Crippen molar-refractivity contribution in [3.8, 4) is 22.8 Å². The monoisotopic (exact) mass is 654 g/mol. The Morgan fingerprint density at radius 1 is 1.09 bits per heavy atom. The number of nitrogens with zero attached hydrogens (tertiary/aromatic N) is 7. The highest BCUT2D eigenvalue weighted by atomic mass is 32.1. The summed E-state index contributed by atoms with van der Waals surface area (Å²) >= 11 is 1.58. The van der Waals surface area contributed by atoms with Gasteiger partial charge in [0, 0.05) is 53.9 Å². The van der Waals surface area contributed by atoms with E-state index in [0.717, 1.165) is 34.7 Å². The van der Waals surface area contributed by atoms with Crippen molar-refractivity contribution in [2.45, 2.75) is 71.1 Å². The van der Waals surface area contributed by atoms with Crippen LogP contribution in [0.1, 0.15) is 79.1 Å². The highest BCUT2D eigenvalue weighted by molar-refractivity contribution is 7.09. The van der Waals surface area contributed by atoms with E-state index in [2.05, 4.69) is 25.6 Å². The zero-order chi connectivity index (χ0) is 33.3. The molecule has 1 N–H and O–H groups in total. The highest BCUT2D eigenvalue weighted by Crippen LogP contribution is 2.36. The number of likely N-dealkylation sites (tertiary alicyclic amines) is 1. The molecule has 0 saturated carbocycles. The van der Waals surface area contributed by atoms with E-state index >= 15 is 0 Å². The van der Waals surface area contributed by atoms with E-state index < -0.39 is 17.2 Å². The standard InChI is InChI=1S/C34H38N8O4S/c1-21-20-47-29(36-21)27-13-10-14-42(27)30(43)23-15-25(24-18-35-41(6)19-24)37-26(16-23)28-39-40-31(45-28)34(5,17-22-11-8-7-9-12-22)46-32(44)38-33(2,3)4/h7-9,11-12,15-16,18-20,27H,10,13-14,17H2,1-6H3,(H,38,44)/t27-,34-/m1/s1. The smallest absolute Gasteiger partial charge is 0.408 e. The van der Waals surface area contributed by atoms with Crippen molar-refractivity contribution in [1.82, 2.24) is 40.2 Å². The van der Waals surface area contributed by atoms with E-state index in [4.69, 9.17) is 14.1 Å². The molecule has 0 aliphatic carbocycles. The summed E-state index contributed by atoms with van der Waals surface area (Å²) in [6.07, 6.45) is 4.92. The van der Waals surface area contributed by atoms with Gasteiger partial charge in [0.15, 0.2) is 5.60 Å². The lowest BCUT2D eigenvalue weighted by atomic mass is 9.96. The van der Waals surface area contributed by atoms with Gasteiger partial charge >= 0.3 is 6.09 Å². The van der Waals surface area contributed by atoms with E-state index in [9.17, 15) is 9.59 Å². The van der Waals surface area contributed by atoms with Crippen LogP contribution in [0.25, 0.3) is 22.8 Å². The maximum Gasteiger partial charge on any atom is 0.408 e. The second kappa shape index (κ2) is 12.7. The highest BCUT2D eigenvalue weighted by Gasteiger charge is 2.39. The van der Waals surface area contributed by atoms with Crippen LogP contribution in [0.4, 0.5) is 4.79 Å². The Kier molecular flexibility index (Phi) is 8.66. The summed E-state index contributed by atoms with van der Waals surface area (Å²) in [6, 6.07) is 13.0. The van der Waals surface area contributed by atoms with Crippen LogP contribution in [-0.2, 0) is 23.8 Å². The lowest BCUT2D eigenvalue weighted by molar-refractivity contribution is -0.00123. The predicted octanol–water partition coefficient (Wildman–Crippen LogP) is 6.26. The summed E-state index contributed by atoms with van der Waals surface area (Å²) in [7, 11) is 1.82. The second-order valence-electron chi connectivity index (χ2n) is 13.1. The Bertz CT molecular complexity index is 1890. The molecule has 2 amide bonds. The molecule has 244 valence electrons. The van der Waals surface area contributed by atoms with Crippen molar-refractivity contribution >= 4 is 23.3 Å². The first kappa shape index (κ1) is 32.0. The third-order valence-electron chi connectivity index (χ3n) is 7.78. The van der Waals surface area contributed by atoms with Gasteiger partial charge in [-0.1, -0.05) is 30.3 Å². The fraction of sp³-hybridized carbons (Fsp3) is 0.382. The number of aryl methyl sites for hydroxylation is 2. The molecule has 47 heavy (non-hydrogen) atoms. The number of alkyl carbamates (subject to hydrolysis) is 1. The van der Waals surface area contributed by atoms with Crippen molar-refractivity contribution < 1.29 is 18.7 Å². The normalized spacial score (nSPS) is 16.2. The average Bonchev–Trinajstić information content (AvgIpc) is 3.83. The summed E-state index contributed by atoms with van der Waals surface area (Å²) in [5.74, 6) is 0.0537. The number of ether oxygens (including phenoxy) is 1. The quantitative estimate of drug-likeness (QED) is 0.205.